The van der Waals surface area contributed by atoms with Crippen LogP contribution >= 0.6 is 23.2 Å². The number of nitrogens with zero attached hydrogens (tertiary/aromatic N) is 5. The molecule has 0 unspecified atom stereocenters. The highest BCUT2D eigenvalue weighted by Gasteiger charge is 2.41. The lowest BCUT2D eigenvalue weighted by molar-refractivity contribution is -0.0354. The van der Waals surface area contributed by atoms with Crippen LogP contribution in [0.5, 0.6) is 0 Å². The number of halogens is 4. The quantitative estimate of drug-likeness (QED) is 0.257. The number of hydrogen-bond donors (Lipinski definition) is 2. The van der Waals surface area contributed by atoms with Gasteiger partial charge in [-0.1, -0.05) is 29.3 Å². The molecule has 0 bridgehead atoms. The minimum absolute atomic E-state index is 0.0687. The summed E-state index contributed by atoms with van der Waals surface area (Å²) < 4.78 is 59.6. The zero-order chi connectivity index (χ0) is 27.9. The van der Waals surface area contributed by atoms with Crippen molar-refractivity contribution in [3.8, 4) is 0 Å². The van der Waals surface area contributed by atoms with Gasteiger partial charge in [0.05, 0.1) is 39.2 Å². The van der Waals surface area contributed by atoms with E-state index in [4.69, 9.17) is 23.2 Å². The lowest BCUT2D eigenvalue weighted by atomic mass is 9.86. The van der Waals surface area contributed by atoms with E-state index in [9.17, 15) is 22.3 Å². The third kappa shape index (κ3) is 5.20. The maximum Gasteiger partial charge on any atom is 0.261 e. The summed E-state index contributed by atoms with van der Waals surface area (Å²) in [6.07, 6.45) is 4.13. The summed E-state index contributed by atoms with van der Waals surface area (Å²) in [4.78, 5) is 3.80. The summed E-state index contributed by atoms with van der Waals surface area (Å²) in [5, 5.41) is 21.1. The smallest absolute Gasteiger partial charge is 0.261 e. The van der Waals surface area contributed by atoms with Gasteiger partial charge in [0.1, 0.15) is 29.9 Å². The van der Waals surface area contributed by atoms with E-state index in [0.29, 0.717) is 17.0 Å². The molecule has 2 atom stereocenters. The van der Waals surface area contributed by atoms with Gasteiger partial charge in [-0.3, -0.25) is 9.40 Å². The molecular formula is C25H20Cl2F2N6O3S. The van der Waals surface area contributed by atoms with Crippen molar-refractivity contribution in [3.05, 3.63) is 101 Å². The number of fused-ring (bicyclic) bond motifs is 1. The zero-order valence-electron chi connectivity index (χ0n) is 20.1. The highest BCUT2D eigenvalue weighted by Crippen LogP contribution is 2.38. The van der Waals surface area contributed by atoms with Crippen LogP contribution in [0.4, 0.5) is 14.5 Å². The highest BCUT2D eigenvalue weighted by molar-refractivity contribution is 7.92. The van der Waals surface area contributed by atoms with Crippen LogP contribution in [-0.2, 0) is 22.2 Å². The van der Waals surface area contributed by atoms with Crippen LogP contribution in [0.2, 0.25) is 10.0 Å². The van der Waals surface area contributed by atoms with E-state index >= 15 is 0 Å². The summed E-state index contributed by atoms with van der Waals surface area (Å²) in [6, 6.07) is 10.7. The Morgan fingerprint density at radius 1 is 1.05 bits per heavy atom. The number of nitrogens with one attached hydrogen (secondary N) is 1. The molecule has 202 valence electrons. The van der Waals surface area contributed by atoms with Gasteiger partial charge in [0.25, 0.3) is 10.0 Å². The Kier molecular flexibility index (Phi) is 7.06. The average molecular weight is 593 g/mol. The van der Waals surface area contributed by atoms with Gasteiger partial charge in [-0.2, -0.15) is 10.2 Å². The Balaban J connectivity index is 1.50. The maximum absolute atomic E-state index is 14.9. The molecule has 0 aliphatic heterocycles. The average Bonchev–Trinajstić information content (AvgIpc) is 3.54. The van der Waals surface area contributed by atoms with Gasteiger partial charge in [0.2, 0.25) is 0 Å². The molecule has 0 saturated heterocycles. The predicted molar refractivity (Wildman–Crippen MR) is 142 cm³/mol. The van der Waals surface area contributed by atoms with Crippen molar-refractivity contribution in [2.45, 2.75) is 30.0 Å². The minimum Gasteiger partial charge on any atom is -0.381 e. The topological polar surface area (TPSA) is 115 Å². The fourth-order valence-electron chi connectivity index (χ4n) is 4.33. The Bertz CT molecular complexity index is 1780. The number of aliphatic hydroxyl groups is 1. The molecule has 0 spiro atoms. The molecule has 2 N–H and O–H groups in total. The number of anilines is 1. The second-order valence-electron chi connectivity index (χ2n) is 8.86. The van der Waals surface area contributed by atoms with Gasteiger partial charge >= 0.3 is 0 Å². The summed E-state index contributed by atoms with van der Waals surface area (Å²) in [5.41, 5.74) is -1.30. The first kappa shape index (κ1) is 27.0. The Hall–Kier alpha value is -3.58. The summed E-state index contributed by atoms with van der Waals surface area (Å²) in [5.74, 6) is -1.72. The molecule has 0 saturated carbocycles. The molecule has 3 aromatic carbocycles. The van der Waals surface area contributed by atoms with Crippen LogP contribution in [0, 0.1) is 11.6 Å². The minimum atomic E-state index is -3.98. The van der Waals surface area contributed by atoms with Crippen LogP contribution in [-0.4, -0.2) is 38.1 Å². The second-order valence-corrected chi connectivity index (χ2v) is 11.4. The molecule has 0 aliphatic carbocycles. The van der Waals surface area contributed by atoms with Crippen molar-refractivity contribution < 1.29 is 22.3 Å². The van der Waals surface area contributed by atoms with E-state index in [-0.39, 0.29) is 32.7 Å². The second kappa shape index (κ2) is 10.2. The van der Waals surface area contributed by atoms with Crippen molar-refractivity contribution in [1.82, 2.24) is 24.5 Å². The molecule has 39 heavy (non-hydrogen) atoms. The Morgan fingerprint density at radius 2 is 1.85 bits per heavy atom. The van der Waals surface area contributed by atoms with Crippen LogP contribution in [0.1, 0.15) is 18.5 Å². The van der Waals surface area contributed by atoms with Gasteiger partial charge in [0.15, 0.2) is 0 Å². The largest absolute Gasteiger partial charge is 0.381 e. The SMILES string of the molecule is C[C@@H](n1ncc2cc(NS(=O)(=O)c3ccc(Cl)c(Cl)c3)ccc21)[C@](O)(Cn1cncn1)c1ccc(F)cc1F. The monoisotopic (exact) mass is 592 g/mol. The van der Waals surface area contributed by atoms with Crippen molar-refractivity contribution >= 4 is 49.8 Å². The zero-order valence-corrected chi connectivity index (χ0v) is 22.5. The molecule has 2 aromatic heterocycles. The van der Waals surface area contributed by atoms with E-state index in [1.54, 1.807) is 19.1 Å². The van der Waals surface area contributed by atoms with Crippen LogP contribution in [0.3, 0.4) is 0 Å². The molecule has 0 amide bonds. The maximum atomic E-state index is 14.9. The molecule has 2 heterocycles. The first-order chi connectivity index (χ1) is 18.5. The van der Waals surface area contributed by atoms with Crippen molar-refractivity contribution in [3.63, 3.8) is 0 Å². The summed E-state index contributed by atoms with van der Waals surface area (Å²) in [7, 11) is -3.98. The number of sulfonamides is 1. The first-order valence-corrected chi connectivity index (χ1v) is 13.7. The Morgan fingerprint density at radius 3 is 2.54 bits per heavy atom. The number of benzene rings is 3. The van der Waals surface area contributed by atoms with E-state index in [1.807, 2.05) is 0 Å². The van der Waals surface area contributed by atoms with Crippen molar-refractivity contribution in [1.29, 1.82) is 0 Å². The van der Waals surface area contributed by atoms with E-state index in [2.05, 4.69) is 19.9 Å². The normalized spacial score (nSPS) is 14.3. The van der Waals surface area contributed by atoms with E-state index in [1.165, 1.54) is 58.5 Å². The van der Waals surface area contributed by atoms with Crippen molar-refractivity contribution in [2.24, 2.45) is 0 Å². The predicted octanol–water partition coefficient (Wildman–Crippen LogP) is 5.16. The molecule has 5 aromatic rings. The standard InChI is InChI=1S/C25H20Cl2F2N6O3S/c1-15(25(36,12-34-14-30-13-32-34)20-5-2-17(28)9-23(20)29)35-24-7-3-18(8-16(24)11-31-35)33-39(37,38)19-4-6-21(26)22(27)10-19/h2-11,13-15,33,36H,12H2,1H3/t15-,25-/m1/s1. The third-order valence-corrected chi connectivity index (χ3v) is 8.49. The van der Waals surface area contributed by atoms with Crippen LogP contribution in [0.15, 0.2) is 78.3 Å². The van der Waals surface area contributed by atoms with Crippen LogP contribution < -0.4 is 4.72 Å². The van der Waals surface area contributed by atoms with Gasteiger partial charge in [0, 0.05) is 22.7 Å². The third-order valence-electron chi connectivity index (χ3n) is 6.37. The first-order valence-electron chi connectivity index (χ1n) is 11.4. The molecular weight excluding hydrogens is 573 g/mol. The summed E-state index contributed by atoms with van der Waals surface area (Å²) >= 11 is 11.9. The van der Waals surface area contributed by atoms with Gasteiger partial charge in [-0.25, -0.2) is 26.9 Å². The van der Waals surface area contributed by atoms with Gasteiger partial charge in [-0.15, -0.1) is 0 Å². The Labute approximate surface area is 231 Å². The molecule has 5 rings (SSSR count). The van der Waals surface area contributed by atoms with Crippen LogP contribution in [0.25, 0.3) is 10.9 Å². The molecule has 0 radical (unpaired) electrons. The van der Waals surface area contributed by atoms with E-state index in [0.717, 1.165) is 6.07 Å². The molecule has 14 heteroatoms. The summed E-state index contributed by atoms with van der Waals surface area (Å²) in [6.45, 7) is 1.42. The lowest BCUT2D eigenvalue weighted by Crippen LogP contribution is -2.41. The highest BCUT2D eigenvalue weighted by atomic mass is 35.5. The molecule has 9 nitrogen and oxygen atoms in total. The fraction of sp³-hybridized carbons (Fsp3) is 0.160. The van der Waals surface area contributed by atoms with Crippen molar-refractivity contribution in [2.75, 3.05) is 4.72 Å². The number of aromatic nitrogens is 5. The number of rotatable bonds is 8. The lowest BCUT2D eigenvalue weighted by Gasteiger charge is -2.35. The molecule has 0 fully saturated rings. The van der Waals surface area contributed by atoms with Gasteiger partial charge < -0.3 is 5.11 Å². The molecule has 0 aliphatic rings. The number of hydrogen-bond acceptors (Lipinski definition) is 6. The van der Waals surface area contributed by atoms with E-state index < -0.39 is 33.3 Å². The fourth-order valence-corrected chi connectivity index (χ4v) is 5.77. The van der Waals surface area contributed by atoms with Gasteiger partial charge in [-0.05, 0) is 49.4 Å².